The van der Waals surface area contributed by atoms with Gasteiger partial charge in [-0.2, -0.15) is 0 Å². The van der Waals surface area contributed by atoms with E-state index in [1.165, 1.54) is 0 Å². The van der Waals surface area contributed by atoms with Crippen LogP contribution in [0.15, 0.2) is 11.8 Å². The van der Waals surface area contributed by atoms with Crippen LogP contribution in [0.3, 0.4) is 0 Å². The second-order valence-corrected chi connectivity index (χ2v) is 4.76. The van der Waals surface area contributed by atoms with Crippen molar-refractivity contribution in [1.82, 2.24) is 0 Å². The molecule has 2 aliphatic rings. The van der Waals surface area contributed by atoms with Gasteiger partial charge in [0.25, 0.3) is 0 Å². The number of carboxylic acids is 1. The molecule has 7 nitrogen and oxygen atoms in total. The molecule has 0 N–H and O–H groups in total. The zero-order valence-electron chi connectivity index (χ0n) is 12.7. The van der Waals surface area contributed by atoms with Crippen molar-refractivity contribution in [3.8, 4) is 0 Å². The van der Waals surface area contributed by atoms with Crippen LogP contribution in [0.2, 0.25) is 0 Å². The van der Waals surface area contributed by atoms with Crippen LogP contribution < -0.4 is 5.11 Å². The minimum Gasteiger partial charge on any atom is -0.550 e. The third-order valence-corrected chi connectivity index (χ3v) is 3.18. The summed E-state index contributed by atoms with van der Waals surface area (Å²) in [5.41, 5.74) is -1.13. The Morgan fingerprint density at radius 2 is 2.00 bits per heavy atom. The molecule has 1 radical (unpaired) electrons. The van der Waals surface area contributed by atoms with Crippen LogP contribution in [0.5, 0.6) is 0 Å². The average Bonchev–Trinajstić information content (AvgIpc) is 2.82. The molecule has 0 aromatic rings. The third kappa shape index (κ3) is 5.06. The van der Waals surface area contributed by atoms with Gasteiger partial charge < -0.3 is 24.1 Å². The van der Waals surface area contributed by atoms with Gasteiger partial charge in [-0.3, -0.25) is 5.11 Å². The Kier molecular flexibility index (Phi) is 8.86. The van der Waals surface area contributed by atoms with Crippen LogP contribution in [0.4, 0.5) is 0 Å². The summed E-state index contributed by atoms with van der Waals surface area (Å²) >= 11 is 0. The molecule has 8 heteroatoms. The van der Waals surface area contributed by atoms with Gasteiger partial charge in [0.05, 0.1) is 13.0 Å². The Morgan fingerprint density at radius 3 is 2.50 bits per heavy atom. The summed E-state index contributed by atoms with van der Waals surface area (Å²) in [4.78, 5) is 20.9. The Bertz CT molecular complexity index is 419. The van der Waals surface area contributed by atoms with E-state index in [4.69, 9.17) is 24.1 Å². The summed E-state index contributed by atoms with van der Waals surface area (Å²) in [5, 5.41) is 20.3. The number of ether oxygens (including phenoxy) is 3. The van der Waals surface area contributed by atoms with Crippen LogP contribution >= 0.6 is 0 Å². The monoisotopic (exact) mass is 406 g/mol. The van der Waals surface area contributed by atoms with E-state index in [1.54, 1.807) is 13.0 Å². The van der Waals surface area contributed by atoms with Crippen molar-refractivity contribution in [3.63, 3.8) is 0 Å². The van der Waals surface area contributed by atoms with E-state index in [0.717, 1.165) is 6.92 Å². The molecule has 129 valence electrons. The number of hydrogen-bond donors (Lipinski definition) is 0. The molecule has 0 spiro atoms. The van der Waals surface area contributed by atoms with E-state index in [2.05, 4.69) is 0 Å². The van der Waals surface area contributed by atoms with Crippen LogP contribution in [0.25, 0.3) is 0 Å². The van der Waals surface area contributed by atoms with Gasteiger partial charge in [-0.05, 0) is 26.8 Å². The van der Waals surface area contributed by atoms with E-state index in [-0.39, 0.29) is 45.1 Å². The van der Waals surface area contributed by atoms with E-state index < -0.39 is 23.8 Å². The minimum absolute atomic E-state index is 0. The molecule has 2 rings (SSSR count). The first-order chi connectivity index (χ1) is 9.85. The minimum atomic E-state index is -1.13. The second kappa shape index (κ2) is 9.26. The zero-order valence-corrected chi connectivity index (χ0v) is 14.3. The van der Waals surface area contributed by atoms with Crippen molar-refractivity contribution in [2.45, 2.75) is 45.5 Å². The number of fused-ring (bicyclic) bond motifs is 1. The van der Waals surface area contributed by atoms with Gasteiger partial charge in [-0.15, -0.1) is 0 Å². The number of hydrogen-bond acceptors (Lipinski definition) is 6. The molecule has 0 aromatic heterocycles. The van der Waals surface area contributed by atoms with Crippen molar-refractivity contribution in [1.29, 1.82) is 0 Å². The van der Waals surface area contributed by atoms with Crippen LogP contribution in [0, 0.1) is 5.92 Å². The molecular weight excluding hydrogens is 387 g/mol. The van der Waals surface area contributed by atoms with Crippen molar-refractivity contribution < 1.29 is 54.4 Å². The maximum Gasteiger partial charge on any atom is 0.339 e. The fourth-order valence-corrected chi connectivity index (χ4v) is 2.50. The van der Waals surface area contributed by atoms with Crippen molar-refractivity contribution in [2.75, 3.05) is 13.2 Å². The van der Waals surface area contributed by atoms with Crippen molar-refractivity contribution >= 4 is 11.9 Å². The van der Waals surface area contributed by atoms with Crippen LogP contribution in [-0.2, 0) is 49.3 Å². The first-order valence-electron chi connectivity index (χ1n) is 6.87. The van der Waals surface area contributed by atoms with E-state index in [0.29, 0.717) is 13.0 Å². The predicted octanol–water partition coefficient (Wildman–Crippen LogP) is 0.159. The zero-order chi connectivity index (χ0) is 16.0. The summed E-state index contributed by atoms with van der Waals surface area (Å²) in [5.74, 6) is -1.81. The third-order valence-electron chi connectivity index (χ3n) is 3.18. The van der Waals surface area contributed by atoms with Crippen molar-refractivity contribution in [3.05, 3.63) is 11.8 Å². The van der Waals surface area contributed by atoms with Crippen LogP contribution in [-0.4, -0.2) is 37.0 Å². The molecule has 0 aromatic carbocycles. The van der Waals surface area contributed by atoms with E-state index >= 15 is 0 Å². The quantitative estimate of drug-likeness (QED) is 0.486. The van der Waals surface area contributed by atoms with Gasteiger partial charge in [0.2, 0.25) is 0 Å². The molecule has 0 saturated carbocycles. The number of carbonyl (C=O) groups excluding carboxylic acids is 2. The van der Waals surface area contributed by atoms with Gasteiger partial charge in [0.15, 0.2) is 17.7 Å². The fourth-order valence-electron chi connectivity index (χ4n) is 2.50. The van der Waals surface area contributed by atoms with Gasteiger partial charge in [0.1, 0.15) is 0 Å². The first kappa shape index (κ1) is 21.1. The average molecular weight is 407 g/mol. The standard InChI is InChI=1S/C12H17O5.C2H4O2.Pd/c1-3-15-10-6-8-5-9(13)7-12(8,17-10)11(14)16-4-2;1-2(3)4;/h5,8,10H,3-4,6-7H2,1-2H3;1H3,(H,3,4);/p-1/t8-,10?,12-;;/m0../s1. The Balaban J connectivity index is 0.000000791. The molecule has 1 fully saturated rings. The molecular formula is C14H20O7Pd-. The van der Waals surface area contributed by atoms with Crippen molar-refractivity contribution in [2.24, 2.45) is 5.92 Å². The van der Waals surface area contributed by atoms with Gasteiger partial charge in [-0.25, -0.2) is 4.79 Å². The summed E-state index contributed by atoms with van der Waals surface area (Å²) in [6.45, 7) is 5.37. The molecule has 1 aliphatic heterocycles. The molecule has 0 bridgehead atoms. The second-order valence-electron chi connectivity index (χ2n) is 4.76. The summed E-state index contributed by atoms with van der Waals surface area (Å²) in [7, 11) is 0. The fraction of sp³-hybridized carbons (Fsp3) is 0.714. The SMILES string of the molecule is CC(=O)[O-].CCOC(=O)[C@]12CC([O])=C[C@H]1CC(OCC)O2.[Pd]. The van der Waals surface area contributed by atoms with E-state index in [9.17, 15) is 9.90 Å². The van der Waals surface area contributed by atoms with Gasteiger partial charge in [-0.1, -0.05) is 0 Å². The molecule has 1 unspecified atom stereocenters. The largest absolute Gasteiger partial charge is 0.550 e. The maximum atomic E-state index is 12.0. The molecule has 0 amide bonds. The number of rotatable bonds is 4. The summed E-state index contributed by atoms with van der Waals surface area (Å²) < 4.78 is 16.0. The molecule has 1 saturated heterocycles. The van der Waals surface area contributed by atoms with Gasteiger partial charge >= 0.3 is 5.97 Å². The molecule has 1 aliphatic carbocycles. The normalized spacial score (nSPS) is 28.6. The number of carboxylic acid groups (broad SMARTS) is 1. The number of esters is 1. The number of aliphatic carboxylic acids is 1. The molecule has 22 heavy (non-hydrogen) atoms. The topological polar surface area (TPSA) is 105 Å². The van der Waals surface area contributed by atoms with Crippen LogP contribution in [0.1, 0.15) is 33.6 Å². The predicted molar refractivity (Wildman–Crippen MR) is 68.0 cm³/mol. The molecule has 3 atom stereocenters. The van der Waals surface area contributed by atoms with Gasteiger partial charge in [0, 0.05) is 45.3 Å². The Morgan fingerprint density at radius 1 is 1.41 bits per heavy atom. The first-order valence-corrected chi connectivity index (χ1v) is 6.87. The Hall–Kier alpha value is -0.938. The number of carbonyl (C=O) groups is 2. The smallest absolute Gasteiger partial charge is 0.339 e. The van der Waals surface area contributed by atoms with E-state index in [1.807, 2.05) is 6.92 Å². The summed E-state index contributed by atoms with van der Waals surface area (Å²) in [6, 6.07) is 0. The maximum absolute atomic E-state index is 12.0. The summed E-state index contributed by atoms with van der Waals surface area (Å²) in [6.07, 6.45) is 1.76. The molecule has 1 heterocycles. The Labute approximate surface area is 143 Å².